The summed E-state index contributed by atoms with van der Waals surface area (Å²) >= 11 is 0. The van der Waals surface area contributed by atoms with Crippen molar-refractivity contribution in [1.82, 2.24) is 25.4 Å². The molecule has 2 heterocycles. The quantitative estimate of drug-likeness (QED) is 0.512. The van der Waals surface area contributed by atoms with Gasteiger partial charge in [0.1, 0.15) is 0 Å². The Balaban J connectivity index is 1.09. The first kappa shape index (κ1) is 24.4. The summed E-state index contributed by atoms with van der Waals surface area (Å²) in [4.78, 5) is 21.6. The van der Waals surface area contributed by atoms with Crippen LogP contribution in [0, 0.1) is 0 Å². The van der Waals surface area contributed by atoms with Crippen LogP contribution in [0.5, 0.6) is 0 Å². The van der Waals surface area contributed by atoms with Gasteiger partial charge >= 0.3 is 0 Å². The SMILES string of the molecule is O=C1CN(Cc2ccccn2)CCN1Cc1cccc2c1CCC2NCCCNC1CCCCC1. The Bertz CT molecular complexity index is 959. The minimum Gasteiger partial charge on any atom is -0.336 e. The van der Waals surface area contributed by atoms with Crippen molar-refractivity contribution in [3.8, 4) is 0 Å². The summed E-state index contributed by atoms with van der Waals surface area (Å²) in [6.07, 6.45) is 12.2. The zero-order valence-corrected chi connectivity index (χ0v) is 21.1. The van der Waals surface area contributed by atoms with Crippen LogP contribution in [-0.4, -0.2) is 59.5 Å². The van der Waals surface area contributed by atoms with Crippen LogP contribution in [-0.2, 0) is 24.3 Å². The van der Waals surface area contributed by atoms with Crippen molar-refractivity contribution < 1.29 is 4.79 Å². The minimum atomic E-state index is 0.225. The molecule has 1 unspecified atom stereocenters. The summed E-state index contributed by atoms with van der Waals surface area (Å²) in [5.41, 5.74) is 5.27. The smallest absolute Gasteiger partial charge is 0.237 e. The number of aromatic nitrogens is 1. The Hall–Kier alpha value is -2.28. The second kappa shape index (κ2) is 12.1. The van der Waals surface area contributed by atoms with E-state index in [1.807, 2.05) is 29.3 Å². The lowest BCUT2D eigenvalue weighted by molar-refractivity contribution is -0.136. The third-order valence-electron chi connectivity index (χ3n) is 8.02. The van der Waals surface area contributed by atoms with Gasteiger partial charge in [0, 0.05) is 44.5 Å². The average Bonchev–Trinajstić information content (AvgIpc) is 3.31. The topological polar surface area (TPSA) is 60.5 Å². The Morgan fingerprint density at radius 3 is 2.63 bits per heavy atom. The molecule has 1 aromatic carbocycles. The first-order valence-electron chi connectivity index (χ1n) is 13.7. The van der Waals surface area contributed by atoms with Crippen molar-refractivity contribution in [3.63, 3.8) is 0 Å². The molecule has 2 N–H and O–H groups in total. The number of fused-ring (bicyclic) bond motifs is 1. The van der Waals surface area contributed by atoms with Gasteiger partial charge in [-0.15, -0.1) is 0 Å². The van der Waals surface area contributed by atoms with E-state index in [9.17, 15) is 4.79 Å². The Morgan fingerprint density at radius 2 is 1.80 bits per heavy atom. The highest BCUT2D eigenvalue weighted by Crippen LogP contribution is 2.34. The highest BCUT2D eigenvalue weighted by Gasteiger charge is 2.28. The number of hydrogen-bond acceptors (Lipinski definition) is 5. The van der Waals surface area contributed by atoms with E-state index >= 15 is 0 Å². The second-order valence-electron chi connectivity index (χ2n) is 10.5. The highest BCUT2D eigenvalue weighted by molar-refractivity contribution is 5.79. The van der Waals surface area contributed by atoms with Gasteiger partial charge in [0.2, 0.25) is 5.91 Å². The molecular formula is C29H41N5O. The second-order valence-corrected chi connectivity index (χ2v) is 10.5. The molecule has 1 aliphatic heterocycles. The number of pyridine rings is 1. The van der Waals surface area contributed by atoms with Gasteiger partial charge < -0.3 is 15.5 Å². The molecule has 1 aromatic heterocycles. The van der Waals surface area contributed by atoms with Gasteiger partial charge in [-0.3, -0.25) is 14.7 Å². The number of benzene rings is 1. The maximum absolute atomic E-state index is 12.9. The number of piperazine rings is 1. The van der Waals surface area contributed by atoms with Gasteiger partial charge in [0.15, 0.2) is 0 Å². The van der Waals surface area contributed by atoms with Crippen LogP contribution < -0.4 is 10.6 Å². The number of amides is 1. The zero-order valence-electron chi connectivity index (χ0n) is 21.1. The first-order chi connectivity index (χ1) is 17.3. The largest absolute Gasteiger partial charge is 0.336 e. The predicted octanol–water partition coefficient (Wildman–Crippen LogP) is 3.82. The van der Waals surface area contributed by atoms with Gasteiger partial charge in [-0.05, 0) is 74.0 Å². The molecule has 6 nitrogen and oxygen atoms in total. The van der Waals surface area contributed by atoms with E-state index < -0.39 is 0 Å². The van der Waals surface area contributed by atoms with Gasteiger partial charge in [-0.25, -0.2) is 0 Å². The van der Waals surface area contributed by atoms with E-state index in [0.29, 0.717) is 12.6 Å². The number of hydrogen-bond donors (Lipinski definition) is 2. The van der Waals surface area contributed by atoms with Crippen LogP contribution in [0.1, 0.15) is 73.4 Å². The molecule has 3 aliphatic rings. The van der Waals surface area contributed by atoms with Crippen molar-refractivity contribution in [2.45, 2.75) is 76.5 Å². The summed E-state index contributed by atoms with van der Waals surface area (Å²) in [7, 11) is 0. The molecule has 1 amide bonds. The highest BCUT2D eigenvalue weighted by atomic mass is 16.2. The molecule has 6 heteroatoms. The predicted molar refractivity (Wildman–Crippen MR) is 140 cm³/mol. The lowest BCUT2D eigenvalue weighted by atomic mass is 9.95. The lowest BCUT2D eigenvalue weighted by Crippen LogP contribution is -2.49. The van der Waals surface area contributed by atoms with Crippen LogP contribution in [0.4, 0.5) is 0 Å². The third-order valence-corrected chi connectivity index (χ3v) is 8.02. The maximum atomic E-state index is 12.9. The molecular weight excluding hydrogens is 434 g/mol. The van der Waals surface area contributed by atoms with Crippen molar-refractivity contribution in [3.05, 3.63) is 65.0 Å². The van der Waals surface area contributed by atoms with Gasteiger partial charge in [0.05, 0.1) is 12.2 Å². The summed E-state index contributed by atoms with van der Waals surface area (Å²) in [5, 5.41) is 7.57. The number of rotatable bonds is 10. The monoisotopic (exact) mass is 475 g/mol. The van der Waals surface area contributed by atoms with E-state index in [-0.39, 0.29) is 5.91 Å². The van der Waals surface area contributed by atoms with Crippen LogP contribution in [0.25, 0.3) is 0 Å². The zero-order chi connectivity index (χ0) is 23.9. The van der Waals surface area contributed by atoms with E-state index in [4.69, 9.17) is 0 Å². The number of carbonyl (C=O) groups excluding carboxylic acids is 1. The molecule has 2 aliphatic carbocycles. The number of nitrogens with one attached hydrogen (secondary N) is 2. The number of carbonyl (C=O) groups is 1. The maximum Gasteiger partial charge on any atom is 0.237 e. The van der Waals surface area contributed by atoms with Crippen molar-refractivity contribution in [1.29, 1.82) is 0 Å². The Morgan fingerprint density at radius 1 is 0.914 bits per heavy atom. The average molecular weight is 476 g/mol. The fourth-order valence-electron chi connectivity index (χ4n) is 6.05. The fraction of sp³-hybridized carbons (Fsp3) is 0.586. The third kappa shape index (κ3) is 6.49. The molecule has 188 valence electrons. The summed E-state index contributed by atoms with van der Waals surface area (Å²) in [6, 6.07) is 13.9. The molecule has 2 fully saturated rings. The summed E-state index contributed by atoms with van der Waals surface area (Å²) in [6.45, 7) is 5.81. The van der Waals surface area contributed by atoms with Crippen molar-refractivity contribution in [2.24, 2.45) is 0 Å². The van der Waals surface area contributed by atoms with E-state index in [1.54, 1.807) is 0 Å². The van der Waals surface area contributed by atoms with Gasteiger partial charge in [0.25, 0.3) is 0 Å². The fourth-order valence-corrected chi connectivity index (χ4v) is 6.05. The molecule has 1 saturated heterocycles. The van der Waals surface area contributed by atoms with E-state index in [2.05, 4.69) is 38.7 Å². The van der Waals surface area contributed by atoms with Crippen LogP contribution in [0.3, 0.4) is 0 Å². The molecule has 35 heavy (non-hydrogen) atoms. The van der Waals surface area contributed by atoms with E-state index in [0.717, 1.165) is 63.8 Å². The summed E-state index contributed by atoms with van der Waals surface area (Å²) in [5.74, 6) is 0.225. The molecule has 2 aromatic rings. The standard InChI is InChI=1S/C29H41N5O/c35-29-22-33(21-25-11-4-5-15-31-25)18-19-34(29)20-23-8-6-12-27-26(23)13-14-28(27)32-17-7-16-30-24-9-2-1-3-10-24/h4-6,8,11-12,15,24,28,30,32H,1-3,7,9-10,13-14,16-22H2. The number of nitrogens with zero attached hydrogens (tertiary/aromatic N) is 3. The Kier molecular flexibility index (Phi) is 8.45. The van der Waals surface area contributed by atoms with E-state index in [1.165, 1.54) is 55.2 Å². The van der Waals surface area contributed by atoms with Crippen LogP contribution >= 0.6 is 0 Å². The molecule has 0 spiro atoms. The normalized spacial score (nSPS) is 21.4. The lowest BCUT2D eigenvalue weighted by Gasteiger charge is -2.34. The van der Waals surface area contributed by atoms with Crippen molar-refractivity contribution >= 4 is 5.91 Å². The molecule has 1 atom stereocenters. The molecule has 5 rings (SSSR count). The molecule has 0 bridgehead atoms. The molecule has 1 saturated carbocycles. The van der Waals surface area contributed by atoms with Gasteiger partial charge in [-0.1, -0.05) is 43.5 Å². The summed E-state index contributed by atoms with van der Waals surface area (Å²) < 4.78 is 0. The molecule has 0 radical (unpaired) electrons. The first-order valence-corrected chi connectivity index (χ1v) is 13.7. The van der Waals surface area contributed by atoms with Crippen LogP contribution in [0.15, 0.2) is 42.6 Å². The van der Waals surface area contributed by atoms with Gasteiger partial charge in [-0.2, -0.15) is 0 Å². The Labute approximate surface area is 210 Å². The minimum absolute atomic E-state index is 0.225. The van der Waals surface area contributed by atoms with Crippen molar-refractivity contribution in [2.75, 3.05) is 32.7 Å². The van der Waals surface area contributed by atoms with Crippen LogP contribution in [0.2, 0.25) is 0 Å².